The fourth-order valence-electron chi connectivity index (χ4n) is 5.54. The number of thiophene rings is 1. The van der Waals surface area contributed by atoms with Gasteiger partial charge in [0.15, 0.2) is 11.6 Å². The van der Waals surface area contributed by atoms with Crippen molar-refractivity contribution in [1.29, 1.82) is 0 Å². The second-order valence-electron chi connectivity index (χ2n) is 10.2. The lowest BCUT2D eigenvalue weighted by atomic mass is 9.96. The van der Waals surface area contributed by atoms with Crippen molar-refractivity contribution in [1.82, 2.24) is 14.9 Å². The van der Waals surface area contributed by atoms with Crippen molar-refractivity contribution >= 4 is 45.0 Å². The molecule has 3 heterocycles. The highest BCUT2D eigenvalue weighted by atomic mass is 32.1. The highest BCUT2D eigenvalue weighted by Crippen LogP contribution is 2.38. The van der Waals surface area contributed by atoms with Crippen molar-refractivity contribution in [2.45, 2.75) is 19.9 Å². The van der Waals surface area contributed by atoms with Crippen molar-refractivity contribution in [3.8, 4) is 0 Å². The highest BCUT2D eigenvalue weighted by Gasteiger charge is 2.29. The lowest BCUT2D eigenvalue weighted by molar-refractivity contribution is 0.0601. The molecule has 0 aliphatic carbocycles. The number of benzene rings is 3. The van der Waals surface area contributed by atoms with Crippen LogP contribution < -0.4 is 10.2 Å². The Morgan fingerprint density at radius 1 is 0.829 bits per heavy atom. The van der Waals surface area contributed by atoms with Crippen LogP contribution in [0.2, 0.25) is 0 Å². The maximum atomic E-state index is 12.7. The third kappa shape index (κ3) is 5.40. The highest BCUT2D eigenvalue weighted by molar-refractivity contribution is 7.16. The zero-order valence-corrected chi connectivity index (χ0v) is 24.3. The number of carbonyl (C=O) groups excluding carboxylic acids is 1. The normalized spacial score (nSPS) is 14.0. The van der Waals surface area contributed by atoms with Gasteiger partial charge in [-0.3, -0.25) is 4.90 Å². The number of aromatic nitrogens is 2. The molecule has 6 rings (SSSR count). The van der Waals surface area contributed by atoms with E-state index < -0.39 is 0 Å². The number of ether oxygens (including phenoxy) is 1. The van der Waals surface area contributed by atoms with Gasteiger partial charge in [0.1, 0.15) is 5.00 Å². The Morgan fingerprint density at radius 2 is 1.39 bits per heavy atom. The Labute approximate surface area is 244 Å². The minimum atomic E-state index is -0.355. The monoisotopic (exact) mass is 563 g/mol. The molecule has 1 aliphatic rings. The second-order valence-corrected chi connectivity index (χ2v) is 11.5. The molecule has 0 spiro atoms. The smallest absolute Gasteiger partial charge is 0.341 e. The molecule has 0 radical (unpaired) electrons. The summed E-state index contributed by atoms with van der Waals surface area (Å²) in [6.07, 6.45) is 0. The molecule has 5 aromatic rings. The number of fused-ring (bicyclic) bond motifs is 1. The van der Waals surface area contributed by atoms with Crippen LogP contribution in [0.3, 0.4) is 0 Å². The molecule has 8 heteroatoms. The van der Waals surface area contributed by atoms with Crippen LogP contribution in [0, 0.1) is 13.8 Å². The Kier molecular flexibility index (Phi) is 7.67. The second kappa shape index (κ2) is 11.7. The molecule has 0 bridgehead atoms. The number of para-hydroxylation sites is 2. The van der Waals surface area contributed by atoms with E-state index in [1.807, 2.05) is 38.1 Å². The van der Waals surface area contributed by atoms with Crippen LogP contribution in [-0.2, 0) is 4.74 Å². The quantitative estimate of drug-likeness (QED) is 0.220. The predicted octanol–water partition coefficient (Wildman–Crippen LogP) is 6.75. The number of aryl methyl sites for hydroxylation is 1. The number of methoxy groups -OCH3 is 1. The van der Waals surface area contributed by atoms with E-state index in [0.717, 1.165) is 58.5 Å². The lowest BCUT2D eigenvalue weighted by Crippen LogP contribution is -2.48. The average molecular weight is 564 g/mol. The van der Waals surface area contributed by atoms with Gasteiger partial charge >= 0.3 is 5.97 Å². The van der Waals surface area contributed by atoms with Gasteiger partial charge in [-0.25, -0.2) is 14.8 Å². The summed E-state index contributed by atoms with van der Waals surface area (Å²) < 4.78 is 5.11. The molecule has 0 unspecified atom stereocenters. The van der Waals surface area contributed by atoms with Crippen LogP contribution in [0.15, 0.2) is 84.9 Å². The van der Waals surface area contributed by atoms with E-state index >= 15 is 0 Å². The van der Waals surface area contributed by atoms with Gasteiger partial charge in [-0.1, -0.05) is 72.8 Å². The van der Waals surface area contributed by atoms with Gasteiger partial charge in [-0.05, 0) is 42.7 Å². The third-order valence-electron chi connectivity index (χ3n) is 7.77. The molecule has 2 aromatic heterocycles. The molecule has 41 heavy (non-hydrogen) atoms. The van der Waals surface area contributed by atoms with Gasteiger partial charge in [-0.15, -0.1) is 11.3 Å². The van der Waals surface area contributed by atoms with E-state index in [2.05, 4.69) is 75.8 Å². The Hall–Kier alpha value is -4.27. The van der Waals surface area contributed by atoms with E-state index in [0.29, 0.717) is 11.4 Å². The van der Waals surface area contributed by atoms with E-state index in [1.165, 1.54) is 29.6 Å². The first kappa shape index (κ1) is 26.9. The topological polar surface area (TPSA) is 70.6 Å². The van der Waals surface area contributed by atoms with Gasteiger partial charge in [0.25, 0.3) is 0 Å². The number of esters is 1. The van der Waals surface area contributed by atoms with Crippen LogP contribution in [0.25, 0.3) is 11.0 Å². The Bertz CT molecular complexity index is 1620. The van der Waals surface area contributed by atoms with Gasteiger partial charge in [0, 0.05) is 31.1 Å². The van der Waals surface area contributed by atoms with Crippen LogP contribution in [0.5, 0.6) is 0 Å². The van der Waals surface area contributed by atoms with Crippen LogP contribution >= 0.6 is 11.3 Å². The first-order chi connectivity index (χ1) is 20.0. The summed E-state index contributed by atoms with van der Waals surface area (Å²) >= 11 is 1.53. The molecule has 1 aliphatic heterocycles. The molecule has 7 nitrogen and oxygen atoms in total. The first-order valence-electron chi connectivity index (χ1n) is 13.8. The maximum absolute atomic E-state index is 12.7. The number of hydrogen-bond donors (Lipinski definition) is 1. The fourth-order valence-corrected chi connectivity index (χ4v) is 6.59. The number of nitrogens with zero attached hydrogens (tertiary/aromatic N) is 4. The number of piperazine rings is 1. The van der Waals surface area contributed by atoms with Crippen molar-refractivity contribution < 1.29 is 9.53 Å². The summed E-state index contributed by atoms with van der Waals surface area (Å²) in [6, 6.07) is 29.5. The molecule has 1 saturated heterocycles. The molecule has 208 valence electrons. The standard InChI is InChI=1S/C33H33N5O2S/c1-22-23(2)41-32(28(22)33(39)40-3)36-30-31(35-27-17-11-10-16-26(27)34-30)38-20-18-37(19-21-38)29(24-12-6-4-7-13-24)25-14-8-5-9-15-25/h4-17,29H,18-21H2,1-3H3,(H,34,36). The predicted molar refractivity (Wildman–Crippen MR) is 166 cm³/mol. The van der Waals surface area contributed by atoms with Crippen molar-refractivity contribution in [2.24, 2.45) is 0 Å². The van der Waals surface area contributed by atoms with Crippen molar-refractivity contribution in [3.05, 3.63) is 112 Å². The molecule has 0 saturated carbocycles. The average Bonchev–Trinajstić information content (AvgIpc) is 3.30. The number of hydrogen-bond acceptors (Lipinski definition) is 8. The minimum absolute atomic E-state index is 0.180. The maximum Gasteiger partial charge on any atom is 0.341 e. The molecule has 0 atom stereocenters. The Morgan fingerprint density at radius 3 is 1.98 bits per heavy atom. The SMILES string of the molecule is COC(=O)c1c(Nc2nc3ccccc3nc2N2CCN(C(c3ccccc3)c3ccccc3)CC2)sc(C)c1C. The third-order valence-corrected chi connectivity index (χ3v) is 8.89. The first-order valence-corrected chi connectivity index (χ1v) is 14.7. The molecule has 1 fully saturated rings. The molecular weight excluding hydrogens is 530 g/mol. The van der Waals surface area contributed by atoms with Crippen LogP contribution in [0.4, 0.5) is 16.6 Å². The Balaban J connectivity index is 1.32. The van der Waals surface area contributed by atoms with Gasteiger partial charge in [-0.2, -0.15) is 0 Å². The summed E-state index contributed by atoms with van der Waals surface area (Å²) in [5.41, 5.74) is 5.69. The van der Waals surface area contributed by atoms with E-state index in [9.17, 15) is 4.79 Å². The summed E-state index contributed by atoms with van der Waals surface area (Å²) in [7, 11) is 1.41. The summed E-state index contributed by atoms with van der Waals surface area (Å²) in [4.78, 5) is 28.7. The lowest BCUT2D eigenvalue weighted by Gasteiger charge is -2.40. The van der Waals surface area contributed by atoms with E-state index in [-0.39, 0.29) is 12.0 Å². The summed E-state index contributed by atoms with van der Waals surface area (Å²) in [5, 5.41) is 4.21. The van der Waals surface area contributed by atoms with Crippen LogP contribution in [-0.4, -0.2) is 54.1 Å². The largest absolute Gasteiger partial charge is 0.465 e. The number of nitrogens with one attached hydrogen (secondary N) is 1. The van der Waals surface area contributed by atoms with Gasteiger partial charge in [0.2, 0.25) is 0 Å². The molecular formula is C33H33N5O2S. The van der Waals surface area contributed by atoms with Crippen molar-refractivity contribution in [2.75, 3.05) is 43.5 Å². The van der Waals surface area contributed by atoms with E-state index in [1.54, 1.807) is 0 Å². The number of anilines is 3. The van der Waals surface area contributed by atoms with E-state index in [4.69, 9.17) is 14.7 Å². The molecule has 3 aromatic carbocycles. The zero-order chi connectivity index (χ0) is 28.3. The summed E-state index contributed by atoms with van der Waals surface area (Å²) in [6.45, 7) is 7.29. The van der Waals surface area contributed by atoms with Crippen molar-refractivity contribution in [3.63, 3.8) is 0 Å². The van der Waals surface area contributed by atoms with Gasteiger partial charge < -0.3 is 15.0 Å². The fraction of sp³-hybridized carbons (Fsp3) is 0.242. The number of rotatable bonds is 7. The minimum Gasteiger partial charge on any atom is -0.465 e. The van der Waals surface area contributed by atoms with Crippen LogP contribution in [0.1, 0.15) is 38.0 Å². The molecule has 1 N–H and O–H groups in total. The van der Waals surface area contributed by atoms with Gasteiger partial charge in [0.05, 0.1) is 29.7 Å². The number of carbonyl (C=O) groups is 1. The molecule has 0 amide bonds. The zero-order valence-electron chi connectivity index (χ0n) is 23.5. The summed E-state index contributed by atoms with van der Waals surface area (Å²) in [5.74, 6) is 1.08.